The van der Waals surface area contributed by atoms with Crippen molar-refractivity contribution < 1.29 is 13.2 Å². The standard InChI is InChI=1S/C7H13F3.C2H6/c1-5(2)6(3,4)7(8,9)10;1-2/h5H,1-4H3;1-2H3. The van der Waals surface area contributed by atoms with Crippen LogP contribution in [0, 0.1) is 11.3 Å². The molecule has 0 aromatic carbocycles. The minimum atomic E-state index is -4.08. The summed E-state index contributed by atoms with van der Waals surface area (Å²) >= 11 is 0. The lowest BCUT2D eigenvalue weighted by Crippen LogP contribution is -2.36. The molecule has 12 heavy (non-hydrogen) atoms. The molecule has 0 aromatic heterocycles. The van der Waals surface area contributed by atoms with Crippen molar-refractivity contribution in [3.05, 3.63) is 0 Å². The lowest BCUT2D eigenvalue weighted by molar-refractivity contribution is -0.225. The molecule has 0 saturated carbocycles. The first-order valence-electron chi connectivity index (χ1n) is 4.26. The smallest absolute Gasteiger partial charge is 0.171 e. The third-order valence-electron chi connectivity index (χ3n) is 2.17. The Morgan fingerprint density at radius 3 is 1.17 bits per heavy atom. The third-order valence-corrected chi connectivity index (χ3v) is 2.17. The molecule has 0 unspecified atom stereocenters. The fourth-order valence-corrected chi connectivity index (χ4v) is 0.327. The summed E-state index contributed by atoms with van der Waals surface area (Å²) in [6, 6.07) is 0. The van der Waals surface area contributed by atoms with Gasteiger partial charge in [0.2, 0.25) is 0 Å². The quantitative estimate of drug-likeness (QED) is 0.571. The van der Waals surface area contributed by atoms with Gasteiger partial charge in [-0.1, -0.05) is 41.5 Å². The average Bonchev–Trinajstić information content (AvgIpc) is 1.89. The molecule has 3 heteroatoms. The van der Waals surface area contributed by atoms with E-state index in [0.717, 1.165) is 0 Å². The zero-order valence-corrected chi connectivity index (χ0v) is 8.71. The highest BCUT2D eigenvalue weighted by molar-refractivity contribution is 4.79. The molecule has 0 N–H and O–H groups in total. The summed E-state index contributed by atoms with van der Waals surface area (Å²) < 4.78 is 36.3. The maximum absolute atomic E-state index is 12.1. The van der Waals surface area contributed by atoms with Gasteiger partial charge in [0.05, 0.1) is 5.41 Å². The van der Waals surface area contributed by atoms with Crippen molar-refractivity contribution in [2.45, 2.75) is 47.7 Å². The Labute approximate surface area is 73.2 Å². The molecule has 0 amide bonds. The fourth-order valence-electron chi connectivity index (χ4n) is 0.327. The normalized spacial score (nSPS) is 12.5. The second-order valence-electron chi connectivity index (χ2n) is 3.37. The molecule has 0 spiro atoms. The molecule has 0 nitrogen and oxygen atoms in total. The van der Waals surface area contributed by atoms with Crippen molar-refractivity contribution >= 4 is 0 Å². The summed E-state index contributed by atoms with van der Waals surface area (Å²) in [6.07, 6.45) is -4.08. The van der Waals surface area contributed by atoms with Crippen molar-refractivity contribution in [3.63, 3.8) is 0 Å². The van der Waals surface area contributed by atoms with Gasteiger partial charge in [-0.05, 0) is 5.92 Å². The molecule has 0 atom stereocenters. The van der Waals surface area contributed by atoms with Gasteiger partial charge in [-0.15, -0.1) is 0 Å². The Kier molecular flexibility index (Phi) is 5.64. The van der Waals surface area contributed by atoms with Crippen molar-refractivity contribution in [3.8, 4) is 0 Å². The predicted molar refractivity (Wildman–Crippen MR) is 46.0 cm³/mol. The molecule has 0 fully saturated rings. The first-order chi connectivity index (χ1) is 5.19. The van der Waals surface area contributed by atoms with Gasteiger partial charge in [0, 0.05) is 0 Å². The zero-order chi connectivity index (χ0) is 10.6. The van der Waals surface area contributed by atoms with Gasteiger partial charge in [-0.3, -0.25) is 0 Å². The van der Waals surface area contributed by atoms with E-state index in [4.69, 9.17) is 0 Å². The van der Waals surface area contributed by atoms with Gasteiger partial charge in [0.15, 0.2) is 0 Å². The third kappa shape index (κ3) is 3.46. The van der Waals surface area contributed by atoms with Crippen LogP contribution in [0.5, 0.6) is 0 Å². The van der Waals surface area contributed by atoms with Gasteiger partial charge in [-0.2, -0.15) is 13.2 Å². The number of hydrogen-bond donors (Lipinski definition) is 0. The van der Waals surface area contributed by atoms with Crippen molar-refractivity contribution in [2.24, 2.45) is 11.3 Å². The number of alkyl halides is 3. The molecule has 0 aliphatic rings. The van der Waals surface area contributed by atoms with E-state index in [1.54, 1.807) is 13.8 Å². The summed E-state index contributed by atoms with van der Waals surface area (Å²) in [4.78, 5) is 0. The fraction of sp³-hybridized carbons (Fsp3) is 1.00. The Hall–Kier alpha value is -0.210. The van der Waals surface area contributed by atoms with Crippen LogP contribution < -0.4 is 0 Å². The van der Waals surface area contributed by atoms with Crippen LogP contribution in [-0.2, 0) is 0 Å². The lowest BCUT2D eigenvalue weighted by Gasteiger charge is -2.31. The molecule has 0 aromatic rings. The molecule has 0 heterocycles. The van der Waals surface area contributed by atoms with E-state index in [1.165, 1.54) is 13.8 Å². The zero-order valence-electron chi connectivity index (χ0n) is 8.71. The summed E-state index contributed by atoms with van der Waals surface area (Å²) in [5, 5.41) is 0. The van der Waals surface area contributed by atoms with Crippen LogP contribution in [0.1, 0.15) is 41.5 Å². The van der Waals surface area contributed by atoms with Crippen molar-refractivity contribution in [1.29, 1.82) is 0 Å². The van der Waals surface area contributed by atoms with Crippen LogP contribution in [0.25, 0.3) is 0 Å². The van der Waals surface area contributed by atoms with Crippen LogP contribution in [-0.4, -0.2) is 6.18 Å². The Bertz CT molecular complexity index is 111. The number of hydrogen-bond acceptors (Lipinski definition) is 0. The first-order valence-corrected chi connectivity index (χ1v) is 4.26. The summed E-state index contributed by atoms with van der Waals surface area (Å²) in [7, 11) is 0. The maximum Gasteiger partial charge on any atom is 0.394 e. The molecule has 0 bridgehead atoms. The van der Waals surface area contributed by atoms with Crippen LogP contribution in [0.15, 0.2) is 0 Å². The highest BCUT2D eigenvalue weighted by Gasteiger charge is 2.48. The van der Waals surface area contributed by atoms with E-state index >= 15 is 0 Å². The highest BCUT2D eigenvalue weighted by atomic mass is 19.4. The predicted octanol–water partition coefficient (Wildman–Crippen LogP) is 4.26. The Morgan fingerprint density at radius 1 is 0.917 bits per heavy atom. The molecule has 76 valence electrons. The Morgan fingerprint density at radius 2 is 1.17 bits per heavy atom. The molecule has 0 rings (SSSR count). The van der Waals surface area contributed by atoms with E-state index in [1.807, 2.05) is 13.8 Å². The van der Waals surface area contributed by atoms with E-state index in [-0.39, 0.29) is 5.92 Å². The molecular weight excluding hydrogens is 165 g/mol. The minimum Gasteiger partial charge on any atom is -0.171 e. The van der Waals surface area contributed by atoms with E-state index in [2.05, 4.69) is 0 Å². The van der Waals surface area contributed by atoms with Gasteiger partial charge in [0.1, 0.15) is 0 Å². The maximum atomic E-state index is 12.1. The summed E-state index contributed by atoms with van der Waals surface area (Å²) in [5.41, 5.74) is -1.56. The summed E-state index contributed by atoms with van der Waals surface area (Å²) in [5.74, 6) is -0.368. The number of halogens is 3. The number of rotatable bonds is 1. The Balaban J connectivity index is 0. The van der Waals surface area contributed by atoms with Crippen molar-refractivity contribution in [2.75, 3.05) is 0 Å². The van der Waals surface area contributed by atoms with E-state index < -0.39 is 11.6 Å². The average molecular weight is 184 g/mol. The van der Waals surface area contributed by atoms with Crippen LogP contribution >= 0.6 is 0 Å². The van der Waals surface area contributed by atoms with E-state index in [0.29, 0.717) is 0 Å². The first kappa shape index (κ1) is 14.3. The molecule has 0 aliphatic carbocycles. The van der Waals surface area contributed by atoms with Crippen LogP contribution in [0.4, 0.5) is 13.2 Å². The van der Waals surface area contributed by atoms with Crippen molar-refractivity contribution in [1.82, 2.24) is 0 Å². The largest absolute Gasteiger partial charge is 0.394 e. The molecular formula is C9H19F3. The second kappa shape index (κ2) is 4.73. The van der Waals surface area contributed by atoms with Gasteiger partial charge < -0.3 is 0 Å². The SMILES string of the molecule is CC.CC(C)C(C)(C)C(F)(F)F. The highest BCUT2D eigenvalue weighted by Crippen LogP contribution is 2.42. The molecule has 0 radical (unpaired) electrons. The van der Waals surface area contributed by atoms with Gasteiger partial charge >= 0.3 is 6.18 Å². The minimum absolute atomic E-state index is 0.368. The van der Waals surface area contributed by atoms with Crippen LogP contribution in [0.2, 0.25) is 0 Å². The van der Waals surface area contributed by atoms with Gasteiger partial charge in [-0.25, -0.2) is 0 Å². The molecule has 0 aliphatic heterocycles. The summed E-state index contributed by atoms with van der Waals surface area (Å²) in [6.45, 7) is 9.59. The second-order valence-corrected chi connectivity index (χ2v) is 3.37. The monoisotopic (exact) mass is 184 g/mol. The lowest BCUT2D eigenvalue weighted by atomic mass is 9.81. The molecule has 0 saturated heterocycles. The topological polar surface area (TPSA) is 0 Å². The van der Waals surface area contributed by atoms with Gasteiger partial charge in [0.25, 0.3) is 0 Å². The van der Waals surface area contributed by atoms with E-state index in [9.17, 15) is 13.2 Å². The van der Waals surface area contributed by atoms with Crippen LogP contribution in [0.3, 0.4) is 0 Å².